The fraction of sp³-hybridized carbons (Fsp3) is 0.727. The number of nitrogens with one attached hydrogen (secondary N) is 3. The molecule has 1 aromatic heterocycles. The SMILES string of the molecule is CNC(=O)CCNCCCOCCc1c[nH]nn1. The highest BCUT2D eigenvalue weighted by Gasteiger charge is 1.97. The largest absolute Gasteiger partial charge is 0.381 e. The smallest absolute Gasteiger partial charge is 0.221 e. The third-order valence-corrected chi connectivity index (χ3v) is 2.42. The molecule has 1 heterocycles. The minimum absolute atomic E-state index is 0.0614. The van der Waals surface area contributed by atoms with Gasteiger partial charge in [-0.05, 0) is 13.0 Å². The van der Waals surface area contributed by atoms with Crippen LogP contribution in [0.5, 0.6) is 0 Å². The van der Waals surface area contributed by atoms with E-state index in [1.807, 2.05) is 0 Å². The van der Waals surface area contributed by atoms with Crippen molar-refractivity contribution in [1.29, 1.82) is 0 Å². The molecule has 7 nitrogen and oxygen atoms in total. The first-order chi connectivity index (χ1) is 8.83. The average molecular weight is 255 g/mol. The zero-order chi connectivity index (χ0) is 13.1. The van der Waals surface area contributed by atoms with E-state index in [0.717, 1.165) is 25.1 Å². The number of hydrogen-bond acceptors (Lipinski definition) is 5. The Kier molecular flexibility index (Phi) is 7.74. The number of aromatic amines is 1. The van der Waals surface area contributed by atoms with Gasteiger partial charge in [-0.15, -0.1) is 5.10 Å². The van der Waals surface area contributed by atoms with Crippen molar-refractivity contribution in [1.82, 2.24) is 26.0 Å². The second-order valence-electron chi connectivity index (χ2n) is 3.85. The van der Waals surface area contributed by atoms with Crippen LogP contribution in [0, 0.1) is 0 Å². The van der Waals surface area contributed by atoms with Crippen molar-refractivity contribution in [3.63, 3.8) is 0 Å². The Balaban J connectivity index is 1.80. The van der Waals surface area contributed by atoms with Crippen molar-refractivity contribution in [2.24, 2.45) is 0 Å². The molecule has 0 unspecified atom stereocenters. The van der Waals surface area contributed by atoms with Gasteiger partial charge < -0.3 is 15.4 Å². The topological polar surface area (TPSA) is 91.9 Å². The number of aromatic nitrogens is 3. The summed E-state index contributed by atoms with van der Waals surface area (Å²) >= 11 is 0. The summed E-state index contributed by atoms with van der Waals surface area (Å²) in [6.45, 7) is 2.94. The molecule has 0 bridgehead atoms. The van der Waals surface area contributed by atoms with Crippen LogP contribution in [0.2, 0.25) is 0 Å². The fourth-order valence-electron chi connectivity index (χ4n) is 1.38. The van der Waals surface area contributed by atoms with Crippen LogP contribution in [-0.4, -0.2) is 54.7 Å². The fourth-order valence-corrected chi connectivity index (χ4v) is 1.38. The van der Waals surface area contributed by atoms with E-state index in [-0.39, 0.29) is 5.91 Å². The van der Waals surface area contributed by atoms with Crippen LogP contribution in [-0.2, 0) is 16.0 Å². The van der Waals surface area contributed by atoms with Gasteiger partial charge in [-0.3, -0.25) is 9.89 Å². The highest BCUT2D eigenvalue weighted by molar-refractivity contribution is 5.75. The maximum absolute atomic E-state index is 10.9. The minimum Gasteiger partial charge on any atom is -0.381 e. The van der Waals surface area contributed by atoms with E-state index in [9.17, 15) is 4.79 Å². The molecule has 3 N–H and O–H groups in total. The van der Waals surface area contributed by atoms with Gasteiger partial charge in [0.15, 0.2) is 0 Å². The Morgan fingerprint density at radius 2 is 2.33 bits per heavy atom. The highest BCUT2D eigenvalue weighted by atomic mass is 16.5. The lowest BCUT2D eigenvalue weighted by Gasteiger charge is -2.05. The summed E-state index contributed by atoms with van der Waals surface area (Å²) in [6, 6.07) is 0. The first-order valence-electron chi connectivity index (χ1n) is 6.17. The third kappa shape index (κ3) is 6.97. The zero-order valence-corrected chi connectivity index (χ0v) is 10.7. The summed E-state index contributed by atoms with van der Waals surface area (Å²) in [5, 5.41) is 15.9. The number of nitrogens with zero attached hydrogens (tertiary/aromatic N) is 2. The van der Waals surface area contributed by atoms with Gasteiger partial charge in [-0.1, -0.05) is 5.21 Å². The minimum atomic E-state index is 0.0614. The Labute approximate surface area is 107 Å². The number of carbonyl (C=O) groups excluding carboxylic acids is 1. The van der Waals surface area contributed by atoms with Crippen LogP contribution in [0.1, 0.15) is 18.5 Å². The molecule has 0 aromatic carbocycles. The second kappa shape index (κ2) is 9.55. The summed E-state index contributed by atoms with van der Waals surface area (Å²) in [4.78, 5) is 10.9. The molecule has 1 rings (SSSR count). The molecular weight excluding hydrogens is 234 g/mol. The number of carbonyl (C=O) groups is 1. The summed E-state index contributed by atoms with van der Waals surface area (Å²) in [7, 11) is 1.64. The second-order valence-corrected chi connectivity index (χ2v) is 3.85. The normalized spacial score (nSPS) is 10.5. The van der Waals surface area contributed by atoms with E-state index in [1.165, 1.54) is 0 Å². The first kappa shape index (κ1) is 14.6. The predicted octanol–water partition coefficient (Wildman–Crippen LogP) is -0.520. The van der Waals surface area contributed by atoms with E-state index in [2.05, 4.69) is 26.0 Å². The van der Waals surface area contributed by atoms with Crippen molar-refractivity contribution in [3.05, 3.63) is 11.9 Å². The molecule has 7 heteroatoms. The molecule has 18 heavy (non-hydrogen) atoms. The van der Waals surface area contributed by atoms with Crippen LogP contribution in [0.15, 0.2) is 6.20 Å². The maximum Gasteiger partial charge on any atom is 0.221 e. The molecule has 1 aromatic rings. The van der Waals surface area contributed by atoms with Crippen LogP contribution in [0.3, 0.4) is 0 Å². The molecule has 0 aliphatic heterocycles. The molecule has 102 valence electrons. The van der Waals surface area contributed by atoms with Gasteiger partial charge in [0.2, 0.25) is 5.91 Å². The summed E-state index contributed by atoms with van der Waals surface area (Å²) in [5.74, 6) is 0.0614. The van der Waals surface area contributed by atoms with E-state index in [4.69, 9.17) is 4.74 Å². The highest BCUT2D eigenvalue weighted by Crippen LogP contribution is 1.91. The van der Waals surface area contributed by atoms with Crippen LogP contribution < -0.4 is 10.6 Å². The van der Waals surface area contributed by atoms with Crippen molar-refractivity contribution in [3.8, 4) is 0 Å². The molecule has 0 aliphatic rings. The molecule has 0 aliphatic carbocycles. The Hall–Kier alpha value is -1.47. The van der Waals surface area contributed by atoms with E-state index in [0.29, 0.717) is 26.2 Å². The quantitative estimate of drug-likeness (QED) is 0.489. The van der Waals surface area contributed by atoms with Gasteiger partial charge in [-0.2, -0.15) is 0 Å². The summed E-state index contributed by atoms with van der Waals surface area (Å²) < 4.78 is 5.45. The van der Waals surface area contributed by atoms with Crippen LogP contribution in [0.25, 0.3) is 0 Å². The molecule has 0 saturated heterocycles. The zero-order valence-electron chi connectivity index (χ0n) is 10.7. The van der Waals surface area contributed by atoms with Gasteiger partial charge in [-0.25, -0.2) is 0 Å². The third-order valence-electron chi connectivity index (χ3n) is 2.42. The van der Waals surface area contributed by atoms with Gasteiger partial charge in [0, 0.05) is 39.2 Å². The lowest BCUT2D eigenvalue weighted by molar-refractivity contribution is -0.120. The van der Waals surface area contributed by atoms with E-state index < -0.39 is 0 Å². The summed E-state index contributed by atoms with van der Waals surface area (Å²) in [6.07, 6.45) is 4.00. The number of hydrogen-bond donors (Lipinski definition) is 3. The standard InChI is InChI=1S/C11H21N5O2/c1-12-11(17)3-6-13-5-2-7-18-8-4-10-9-14-16-15-10/h9,13H,2-8H2,1H3,(H,12,17)(H,14,15,16). The molecule has 0 atom stereocenters. The van der Waals surface area contributed by atoms with Crippen LogP contribution >= 0.6 is 0 Å². The Morgan fingerprint density at radius 3 is 3.06 bits per heavy atom. The lowest BCUT2D eigenvalue weighted by atomic mass is 10.3. The Bertz CT molecular complexity index is 315. The van der Waals surface area contributed by atoms with Gasteiger partial charge in [0.1, 0.15) is 0 Å². The number of amides is 1. The van der Waals surface area contributed by atoms with Gasteiger partial charge in [0.25, 0.3) is 0 Å². The predicted molar refractivity (Wildman–Crippen MR) is 67.1 cm³/mol. The number of ether oxygens (including phenoxy) is 1. The van der Waals surface area contributed by atoms with Crippen LogP contribution in [0.4, 0.5) is 0 Å². The average Bonchev–Trinajstić information content (AvgIpc) is 2.89. The Morgan fingerprint density at radius 1 is 1.44 bits per heavy atom. The summed E-state index contributed by atoms with van der Waals surface area (Å²) in [5.41, 5.74) is 0.915. The van der Waals surface area contributed by atoms with E-state index in [1.54, 1.807) is 13.2 Å². The van der Waals surface area contributed by atoms with Crippen molar-refractivity contribution >= 4 is 5.91 Å². The molecule has 0 fully saturated rings. The van der Waals surface area contributed by atoms with Crippen molar-refractivity contribution in [2.45, 2.75) is 19.3 Å². The molecule has 0 radical (unpaired) electrons. The molecule has 1 amide bonds. The van der Waals surface area contributed by atoms with Crippen molar-refractivity contribution < 1.29 is 9.53 Å². The lowest BCUT2D eigenvalue weighted by Crippen LogP contribution is -2.25. The van der Waals surface area contributed by atoms with Gasteiger partial charge in [0.05, 0.1) is 12.3 Å². The van der Waals surface area contributed by atoms with Gasteiger partial charge >= 0.3 is 0 Å². The van der Waals surface area contributed by atoms with Crippen molar-refractivity contribution in [2.75, 3.05) is 33.4 Å². The number of rotatable bonds is 10. The maximum atomic E-state index is 10.9. The molecular formula is C11H21N5O2. The number of H-pyrrole nitrogens is 1. The first-order valence-corrected chi connectivity index (χ1v) is 6.17. The monoisotopic (exact) mass is 255 g/mol. The molecule has 0 spiro atoms. The molecule has 0 saturated carbocycles. The van der Waals surface area contributed by atoms with E-state index >= 15 is 0 Å².